The summed E-state index contributed by atoms with van der Waals surface area (Å²) in [6, 6.07) is 11.2. The number of nitro groups is 1. The third kappa shape index (κ3) is 2.66. The van der Waals surface area contributed by atoms with Crippen molar-refractivity contribution in [2.75, 3.05) is 5.32 Å². The molecule has 0 aliphatic carbocycles. The molecule has 3 aromatic rings. The van der Waals surface area contributed by atoms with Gasteiger partial charge in [-0.05, 0) is 31.2 Å². The SMILES string of the molecule is Cc1nc2ccc(NC(=O)c3ccccc3[N+](=O)[O-])cc2s1. The van der Waals surface area contributed by atoms with Gasteiger partial charge in [0.25, 0.3) is 11.6 Å². The summed E-state index contributed by atoms with van der Waals surface area (Å²) in [6.07, 6.45) is 0. The van der Waals surface area contributed by atoms with Crippen molar-refractivity contribution in [3.05, 3.63) is 63.1 Å². The van der Waals surface area contributed by atoms with E-state index in [1.165, 1.54) is 29.5 Å². The van der Waals surface area contributed by atoms with E-state index in [0.29, 0.717) is 5.69 Å². The minimum atomic E-state index is -0.565. The number of nitro benzene ring substituents is 1. The third-order valence-corrected chi connectivity index (χ3v) is 4.03. The van der Waals surface area contributed by atoms with Gasteiger partial charge in [-0.2, -0.15) is 0 Å². The van der Waals surface area contributed by atoms with Crippen molar-refractivity contribution in [3.8, 4) is 0 Å². The van der Waals surface area contributed by atoms with Gasteiger partial charge in [-0.3, -0.25) is 14.9 Å². The van der Waals surface area contributed by atoms with Crippen molar-refractivity contribution < 1.29 is 9.72 Å². The molecule has 0 saturated heterocycles. The second-order valence-electron chi connectivity index (χ2n) is 4.64. The fraction of sp³-hybridized carbons (Fsp3) is 0.0667. The summed E-state index contributed by atoms with van der Waals surface area (Å²) in [7, 11) is 0. The van der Waals surface area contributed by atoms with E-state index in [1.54, 1.807) is 12.1 Å². The fourth-order valence-corrected chi connectivity index (χ4v) is 3.01. The summed E-state index contributed by atoms with van der Waals surface area (Å²) >= 11 is 1.53. The van der Waals surface area contributed by atoms with E-state index in [9.17, 15) is 14.9 Å². The third-order valence-electron chi connectivity index (χ3n) is 3.10. The number of amides is 1. The highest BCUT2D eigenvalue weighted by atomic mass is 32.1. The predicted molar refractivity (Wildman–Crippen MR) is 85.4 cm³/mol. The molecule has 0 bridgehead atoms. The van der Waals surface area contributed by atoms with Crippen molar-refractivity contribution in [1.82, 2.24) is 4.98 Å². The Morgan fingerprint density at radius 3 is 2.82 bits per heavy atom. The van der Waals surface area contributed by atoms with Gasteiger partial charge in [0.15, 0.2) is 0 Å². The Labute approximate surface area is 129 Å². The average molecular weight is 313 g/mol. The van der Waals surface area contributed by atoms with E-state index in [2.05, 4.69) is 10.3 Å². The van der Waals surface area contributed by atoms with Gasteiger partial charge in [-0.1, -0.05) is 12.1 Å². The van der Waals surface area contributed by atoms with Crippen LogP contribution in [0.25, 0.3) is 10.2 Å². The molecule has 3 rings (SSSR count). The van der Waals surface area contributed by atoms with Crippen LogP contribution in [0, 0.1) is 17.0 Å². The fourth-order valence-electron chi connectivity index (χ4n) is 2.14. The Kier molecular flexibility index (Phi) is 3.56. The maximum Gasteiger partial charge on any atom is 0.282 e. The van der Waals surface area contributed by atoms with Crippen molar-refractivity contribution >= 4 is 38.8 Å². The van der Waals surface area contributed by atoms with Gasteiger partial charge in [0.05, 0.1) is 20.1 Å². The Balaban J connectivity index is 1.91. The zero-order chi connectivity index (χ0) is 15.7. The summed E-state index contributed by atoms with van der Waals surface area (Å²) in [4.78, 5) is 27.0. The molecule has 0 fully saturated rings. The first-order valence-electron chi connectivity index (χ1n) is 6.46. The smallest absolute Gasteiger partial charge is 0.282 e. The molecule has 6 nitrogen and oxygen atoms in total. The van der Waals surface area contributed by atoms with Crippen molar-refractivity contribution in [1.29, 1.82) is 0 Å². The molecule has 1 N–H and O–H groups in total. The number of carbonyl (C=O) groups is 1. The number of para-hydroxylation sites is 1. The summed E-state index contributed by atoms with van der Waals surface area (Å²) in [5, 5.41) is 14.6. The number of benzene rings is 2. The topological polar surface area (TPSA) is 85.1 Å². The lowest BCUT2D eigenvalue weighted by molar-refractivity contribution is -0.385. The predicted octanol–water partition coefficient (Wildman–Crippen LogP) is 3.77. The number of thiazole rings is 1. The number of hydrogen-bond donors (Lipinski definition) is 1. The largest absolute Gasteiger partial charge is 0.322 e. The minimum absolute atomic E-state index is 0.0353. The highest BCUT2D eigenvalue weighted by Crippen LogP contribution is 2.26. The first kappa shape index (κ1) is 14.2. The molecule has 2 aromatic carbocycles. The van der Waals surface area contributed by atoms with E-state index in [1.807, 2.05) is 19.1 Å². The average Bonchev–Trinajstić information content (AvgIpc) is 2.86. The lowest BCUT2D eigenvalue weighted by Crippen LogP contribution is -2.13. The van der Waals surface area contributed by atoms with Crippen LogP contribution < -0.4 is 5.32 Å². The second-order valence-corrected chi connectivity index (χ2v) is 5.88. The van der Waals surface area contributed by atoms with Crippen molar-refractivity contribution in [2.45, 2.75) is 6.92 Å². The van der Waals surface area contributed by atoms with E-state index < -0.39 is 10.8 Å². The monoisotopic (exact) mass is 313 g/mol. The lowest BCUT2D eigenvalue weighted by atomic mass is 10.1. The van der Waals surface area contributed by atoms with Crippen LogP contribution in [-0.4, -0.2) is 15.8 Å². The van der Waals surface area contributed by atoms with E-state index in [4.69, 9.17) is 0 Å². The molecule has 0 atom stereocenters. The molecule has 1 aromatic heterocycles. The molecular weight excluding hydrogens is 302 g/mol. The first-order valence-corrected chi connectivity index (χ1v) is 7.28. The zero-order valence-electron chi connectivity index (χ0n) is 11.6. The molecule has 0 radical (unpaired) electrons. The van der Waals surface area contributed by atoms with Gasteiger partial charge in [-0.15, -0.1) is 11.3 Å². The molecule has 1 amide bonds. The van der Waals surface area contributed by atoms with Crippen LogP contribution >= 0.6 is 11.3 Å². The van der Waals surface area contributed by atoms with Gasteiger partial charge < -0.3 is 5.32 Å². The summed E-state index contributed by atoms with van der Waals surface area (Å²) in [5.41, 5.74) is 1.27. The Morgan fingerprint density at radius 1 is 1.27 bits per heavy atom. The van der Waals surface area contributed by atoms with Gasteiger partial charge in [0.1, 0.15) is 5.56 Å². The molecule has 7 heteroatoms. The van der Waals surface area contributed by atoms with E-state index >= 15 is 0 Å². The standard InChI is InChI=1S/C15H11N3O3S/c1-9-16-12-7-6-10(8-14(12)22-9)17-15(19)11-4-2-3-5-13(11)18(20)21/h2-8H,1H3,(H,17,19). The van der Waals surface area contributed by atoms with Crippen LogP contribution in [0.5, 0.6) is 0 Å². The van der Waals surface area contributed by atoms with Crippen LogP contribution in [-0.2, 0) is 0 Å². The van der Waals surface area contributed by atoms with Gasteiger partial charge in [0.2, 0.25) is 0 Å². The van der Waals surface area contributed by atoms with Crippen LogP contribution in [0.3, 0.4) is 0 Å². The van der Waals surface area contributed by atoms with Crippen LogP contribution in [0.15, 0.2) is 42.5 Å². The second kappa shape index (κ2) is 5.53. The van der Waals surface area contributed by atoms with Crippen molar-refractivity contribution in [2.24, 2.45) is 0 Å². The molecule has 22 heavy (non-hydrogen) atoms. The van der Waals surface area contributed by atoms with Gasteiger partial charge in [-0.25, -0.2) is 4.98 Å². The Morgan fingerprint density at radius 2 is 2.05 bits per heavy atom. The maximum absolute atomic E-state index is 12.3. The zero-order valence-corrected chi connectivity index (χ0v) is 12.4. The Bertz CT molecular complexity index is 889. The summed E-state index contributed by atoms with van der Waals surface area (Å²) in [6.45, 7) is 1.91. The molecule has 0 saturated carbocycles. The quantitative estimate of drug-likeness (QED) is 0.589. The number of aryl methyl sites for hydroxylation is 1. The highest BCUT2D eigenvalue weighted by Gasteiger charge is 2.19. The van der Waals surface area contributed by atoms with Crippen LogP contribution in [0.1, 0.15) is 15.4 Å². The molecular formula is C15H11N3O3S. The molecule has 0 aliphatic rings. The molecule has 0 aliphatic heterocycles. The lowest BCUT2D eigenvalue weighted by Gasteiger charge is -2.05. The highest BCUT2D eigenvalue weighted by molar-refractivity contribution is 7.18. The number of nitrogens with zero attached hydrogens (tertiary/aromatic N) is 2. The van der Waals surface area contributed by atoms with Crippen LogP contribution in [0.2, 0.25) is 0 Å². The number of hydrogen-bond acceptors (Lipinski definition) is 5. The number of nitrogens with one attached hydrogen (secondary N) is 1. The normalized spacial score (nSPS) is 10.6. The van der Waals surface area contributed by atoms with Gasteiger partial charge >= 0.3 is 0 Å². The number of carbonyl (C=O) groups excluding carboxylic acids is 1. The van der Waals surface area contributed by atoms with Crippen LogP contribution in [0.4, 0.5) is 11.4 Å². The van der Waals surface area contributed by atoms with E-state index in [0.717, 1.165) is 15.2 Å². The molecule has 110 valence electrons. The Hall–Kier alpha value is -2.80. The minimum Gasteiger partial charge on any atom is -0.322 e. The summed E-state index contributed by atoms with van der Waals surface area (Å²) < 4.78 is 0.956. The van der Waals surface area contributed by atoms with Gasteiger partial charge in [0, 0.05) is 11.8 Å². The molecule has 1 heterocycles. The number of aromatic nitrogens is 1. The van der Waals surface area contributed by atoms with Crippen molar-refractivity contribution in [3.63, 3.8) is 0 Å². The number of fused-ring (bicyclic) bond motifs is 1. The maximum atomic E-state index is 12.3. The number of anilines is 1. The summed E-state index contributed by atoms with van der Waals surface area (Å²) in [5.74, 6) is -0.507. The first-order chi connectivity index (χ1) is 10.5. The molecule has 0 spiro atoms. The molecule has 0 unspecified atom stereocenters. The van der Waals surface area contributed by atoms with E-state index in [-0.39, 0.29) is 11.3 Å². The number of rotatable bonds is 3.